The van der Waals surface area contributed by atoms with E-state index in [1.165, 1.54) is 12.8 Å². The second-order valence-electron chi connectivity index (χ2n) is 4.92. The van der Waals surface area contributed by atoms with Crippen LogP contribution in [0, 0.1) is 5.92 Å². The molecule has 0 spiro atoms. The molecule has 18 heavy (non-hydrogen) atoms. The van der Waals surface area contributed by atoms with Gasteiger partial charge in [-0.25, -0.2) is 0 Å². The van der Waals surface area contributed by atoms with Crippen LogP contribution in [0.5, 0.6) is 0 Å². The lowest BCUT2D eigenvalue weighted by Crippen LogP contribution is -2.44. The molecule has 0 heterocycles. The predicted molar refractivity (Wildman–Crippen MR) is 73.2 cm³/mol. The number of carbonyl (C=O) groups excluding carboxylic acids is 1. The molecule has 104 valence electrons. The third-order valence-electron chi connectivity index (χ3n) is 3.49. The van der Waals surface area contributed by atoms with Gasteiger partial charge in [-0.15, -0.1) is 6.58 Å². The summed E-state index contributed by atoms with van der Waals surface area (Å²) < 4.78 is 5.25. The largest absolute Gasteiger partial charge is 0.377 e. The Morgan fingerprint density at radius 3 is 2.94 bits per heavy atom. The molecular weight excluding hydrogens is 228 g/mol. The number of carbonyl (C=O) groups is 1. The highest BCUT2D eigenvalue weighted by Gasteiger charge is 2.24. The van der Waals surface area contributed by atoms with E-state index in [1.54, 1.807) is 6.08 Å². The quantitative estimate of drug-likeness (QED) is 0.511. The molecule has 1 rings (SSSR count). The molecule has 0 bridgehead atoms. The monoisotopic (exact) mass is 254 g/mol. The van der Waals surface area contributed by atoms with E-state index >= 15 is 0 Å². The zero-order valence-corrected chi connectivity index (χ0v) is 11.2. The number of hydrogen-bond donors (Lipinski definition) is 2. The van der Waals surface area contributed by atoms with Crippen LogP contribution >= 0.6 is 0 Å². The molecule has 4 nitrogen and oxygen atoms in total. The van der Waals surface area contributed by atoms with Crippen LogP contribution in [0.1, 0.15) is 38.5 Å². The molecule has 1 amide bonds. The van der Waals surface area contributed by atoms with Crippen molar-refractivity contribution in [2.45, 2.75) is 44.6 Å². The first-order valence-electron chi connectivity index (χ1n) is 6.96. The summed E-state index contributed by atoms with van der Waals surface area (Å²) in [6.07, 6.45) is 7.66. The Balaban J connectivity index is 2.15. The fourth-order valence-corrected chi connectivity index (χ4v) is 2.46. The van der Waals surface area contributed by atoms with Crippen LogP contribution in [0.25, 0.3) is 0 Å². The Labute approximate surface area is 110 Å². The van der Waals surface area contributed by atoms with Crippen molar-refractivity contribution in [2.75, 3.05) is 19.8 Å². The van der Waals surface area contributed by atoms with Crippen LogP contribution in [0.15, 0.2) is 12.7 Å². The van der Waals surface area contributed by atoms with Gasteiger partial charge in [0.15, 0.2) is 0 Å². The van der Waals surface area contributed by atoms with Crippen molar-refractivity contribution >= 4 is 5.91 Å². The zero-order chi connectivity index (χ0) is 13.2. The average Bonchev–Trinajstić information content (AvgIpc) is 2.39. The minimum absolute atomic E-state index is 0.127. The summed E-state index contributed by atoms with van der Waals surface area (Å²) in [7, 11) is 0. The first-order chi connectivity index (χ1) is 8.77. The molecule has 4 heteroatoms. The molecule has 1 fully saturated rings. The van der Waals surface area contributed by atoms with Crippen molar-refractivity contribution in [3.63, 3.8) is 0 Å². The fraction of sp³-hybridized carbons (Fsp3) is 0.786. The highest BCUT2D eigenvalue weighted by atomic mass is 16.5. The van der Waals surface area contributed by atoms with Gasteiger partial charge in [0.2, 0.25) is 5.91 Å². The van der Waals surface area contributed by atoms with E-state index in [0.717, 1.165) is 19.3 Å². The normalized spacial score (nSPS) is 23.6. The summed E-state index contributed by atoms with van der Waals surface area (Å²) in [5.74, 6) is 0.585. The van der Waals surface area contributed by atoms with Crippen LogP contribution in [-0.2, 0) is 9.53 Å². The molecule has 0 saturated heterocycles. The Morgan fingerprint density at radius 2 is 2.22 bits per heavy atom. The number of hydrogen-bond acceptors (Lipinski definition) is 3. The topological polar surface area (TPSA) is 64.3 Å². The minimum atomic E-state index is 0.127. The third-order valence-corrected chi connectivity index (χ3v) is 3.49. The second-order valence-corrected chi connectivity index (χ2v) is 4.92. The van der Waals surface area contributed by atoms with E-state index in [9.17, 15) is 4.79 Å². The van der Waals surface area contributed by atoms with Crippen molar-refractivity contribution in [2.24, 2.45) is 11.7 Å². The highest BCUT2D eigenvalue weighted by Crippen LogP contribution is 2.23. The molecule has 0 aromatic heterocycles. The first-order valence-corrected chi connectivity index (χ1v) is 6.96. The van der Waals surface area contributed by atoms with Gasteiger partial charge in [-0.05, 0) is 31.7 Å². The van der Waals surface area contributed by atoms with E-state index in [1.807, 2.05) is 0 Å². The number of rotatable bonds is 8. The Bertz CT molecular complexity index is 256. The summed E-state index contributed by atoms with van der Waals surface area (Å²) in [6.45, 7) is 5.42. The average molecular weight is 254 g/mol. The maximum Gasteiger partial charge on any atom is 0.220 e. The summed E-state index contributed by atoms with van der Waals surface area (Å²) in [5.41, 5.74) is 5.74. The van der Waals surface area contributed by atoms with E-state index in [4.69, 9.17) is 10.5 Å². The lowest BCUT2D eigenvalue weighted by molar-refractivity contribution is -0.122. The number of nitrogens with two attached hydrogens (primary N) is 1. The summed E-state index contributed by atoms with van der Waals surface area (Å²) >= 11 is 0. The van der Waals surface area contributed by atoms with Gasteiger partial charge in [0.1, 0.15) is 0 Å². The smallest absolute Gasteiger partial charge is 0.220 e. The summed E-state index contributed by atoms with van der Waals surface area (Å²) in [6, 6.07) is 0.283. The molecule has 2 unspecified atom stereocenters. The van der Waals surface area contributed by atoms with Crippen LogP contribution in [0.4, 0.5) is 0 Å². The molecule has 1 aliphatic rings. The maximum absolute atomic E-state index is 11.8. The van der Waals surface area contributed by atoms with E-state index in [0.29, 0.717) is 32.1 Å². The van der Waals surface area contributed by atoms with Crippen molar-refractivity contribution in [3.05, 3.63) is 12.7 Å². The van der Waals surface area contributed by atoms with Crippen molar-refractivity contribution in [1.82, 2.24) is 5.32 Å². The van der Waals surface area contributed by atoms with Crippen molar-refractivity contribution < 1.29 is 9.53 Å². The van der Waals surface area contributed by atoms with Gasteiger partial charge in [-0.3, -0.25) is 4.79 Å². The third kappa shape index (κ3) is 5.65. The van der Waals surface area contributed by atoms with Gasteiger partial charge >= 0.3 is 0 Å². The minimum Gasteiger partial charge on any atom is -0.377 e. The number of amides is 1. The van der Waals surface area contributed by atoms with Gasteiger partial charge in [-0.2, -0.15) is 0 Å². The molecule has 1 aliphatic carbocycles. The Hall–Kier alpha value is -0.870. The van der Waals surface area contributed by atoms with Gasteiger partial charge in [0, 0.05) is 19.1 Å². The van der Waals surface area contributed by atoms with E-state index in [-0.39, 0.29) is 11.9 Å². The Morgan fingerprint density at radius 1 is 1.44 bits per heavy atom. The molecule has 0 aromatic rings. The number of ether oxygens (including phenoxy) is 1. The van der Waals surface area contributed by atoms with Crippen LogP contribution in [0.3, 0.4) is 0 Å². The van der Waals surface area contributed by atoms with Crippen molar-refractivity contribution in [3.8, 4) is 0 Å². The Kier molecular flexibility index (Phi) is 7.69. The van der Waals surface area contributed by atoms with Gasteiger partial charge in [-0.1, -0.05) is 18.9 Å². The lowest BCUT2D eigenvalue weighted by atomic mass is 9.84. The first kappa shape index (κ1) is 15.2. The molecule has 3 N–H and O–H groups in total. The molecular formula is C14H26N2O2. The predicted octanol–water partition coefficient (Wildman–Crippen LogP) is 1.60. The van der Waals surface area contributed by atoms with Crippen LogP contribution < -0.4 is 11.1 Å². The summed E-state index contributed by atoms with van der Waals surface area (Å²) in [4.78, 5) is 11.8. The highest BCUT2D eigenvalue weighted by molar-refractivity contribution is 5.76. The van der Waals surface area contributed by atoms with E-state index < -0.39 is 0 Å². The molecule has 2 atom stereocenters. The van der Waals surface area contributed by atoms with Crippen LogP contribution in [-0.4, -0.2) is 31.7 Å². The second kappa shape index (κ2) is 9.11. The molecule has 0 radical (unpaired) electrons. The fourth-order valence-electron chi connectivity index (χ4n) is 2.46. The van der Waals surface area contributed by atoms with Gasteiger partial charge < -0.3 is 15.8 Å². The van der Waals surface area contributed by atoms with E-state index in [2.05, 4.69) is 11.9 Å². The SMILES string of the molecule is C=CCOCCCC(=O)NC1CCCCC1CN. The van der Waals surface area contributed by atoms with Crippen LogP contribution in [0.2, 0.25) is 0 Å². The number of nitrogens with one attached hydrogen (secondary N) is 1. The standard InChI is InChI=1S/C14H26N2O2/c1-2-9-18-10-5-8-14(17)16-13-7-4-3-6-12(13)11-15/h2,12-13H,1,3-11,15H2,(H,16,17). The molecule has 0 aromatic carbocycles. The zero-order valence-electron chi connectivity index (χ0n) is 11.2. The van der Waals surface area contributed by atoms with Gasteiger partial charge in [0.25, 0.3) is 0 Å². The maximum atomic E-state index is 11.8. The van der Waals surface area contributed by atoms with Crippen molar-refractivity contribution in [1.29, 1.82) is 0 Å². The lowest BCUT2D eigenvalue weighted by Gasteiger charge is -2.31. The molecule has 0 aliphatic heterocycles. The molecule has 1 saturated carbocycles. The summed E-state index contributed by atoms with van der Waals surface area (Å²) in [5, 5.41) is 3.12. The van der Waals surface area contributed by atoms with Gasteiger partial charge in [0.05, 0.1) is 6.61 Å².